The Morgan fingerprint density at radius 1 is 1.29 bits per heavy atom. The molecule has 0 saturated heterocycles. The monoisotopic (exact) mass is 313 g/mol. The number of carboxylic acid groups (broad SMARTS) is 1. The lowest BCUT2D eigenvalue weighted by Crippen LogP contribution is -2.37. The van der Waals surface area contributed by atoms with Crippen LogP contribution in [0.15, 0.2) is 5.38 Å². The Labute approximate surface area is 129 Å². The number of carbonyl (C=O) groups excluding carboxylic acids is 1. The van der Waals surface area contributed by atoms with Crippen LogP contribution >= 0.6 is 11.3 Å². The number of aliphatic carboxylic acids is 1. The third-order valence-electron chi connectivity index (χ3n) is 2.71. The average Bonchev–Trinajstić information content (AvgIpc) is 2.83. The van der Waals surface area contributed by atoms with E-state index in [0.29, 0.717) is 25.9 Å². The lowest BCUT2D eigenvalue weighted by molar-refractivity contribution is -0.137. The summed E-state index contributed by atoms with van der Waals surface area (Å²) in [5.41, 5.74) is 1.04. The van der Waals surface area contributed by atoms with Gasteiger partial charge in [-0.25, -0.2) is 9.78 Å². The van der Waals surface area contributed by atoms with Gasteiger partial charge in [0.15, 0.2) is 0 Å². The Kier molecular flexibility index (Phi) is 6.61. The van der Waals surface area contributed by atoms with Crippen molar-refractivity contribution in [1.29, 1.82) is 0 Å². The van der Waals surface area contributed by atoms with Crippen molar-refractivity contribution in [2.75, 3.05) is 13.1 Å². The molecule has 1 aromatic rings. The fourth-order valence-corrected chi connectivity index (χ4v) is 2.52. The molecule has 0 fully saturated rings. The zero-order valence-electron chi connectivity index (χ0n) is 12.7. The third-order valence-corrected chi connectivity index (χ3v) is 4.03. The molecule has 1 aromatic heterocycles. The first-order valence-electron chi connectivity index (χ1n) is 6.97. The van der Waals surface area contributed by atoms with Crippen LogP contribution in [0.4, 0.5) is 4.79 Å². The maximum absolute atomic E-state index is 11.5. The zero-order valence-corrected chi connectivity index (χ0v) is 13.5. The molecule has 0 atom stereocenters. The highest BCUT2D eigenvalue weighted by atomic mass is 32.1. The van der Waals surface area contributed by atoms with Gasteiger partial charge in [0, 0.05) is 36.7 Å². The molecule has 118 valence electrons. The number of nitrogens with one attached hydrogen (secondary N) is 2. The van der Waals surface area contributed by atoms with Crippen LogP contribution in [0.5, 0.6) is 0 Å². The predicted molar refractivity (Wildman–Crippen MR) is 82.8 cm³/mol. The van der Waals surface area contributed by atoms with Gasteiger partial charge in [0.2, 0.25) is 0 Å². The van der Waals surface area contributed by atoms with Crippen molar-refractivity contribution < 1.29 is 14.7 Å². The van der Waals surface area contributed by atoms with E-state index in [1.807, 2.05) is 5.38 Å². The maximum Gasteiger partial charge on any atom is 0.314 e. The normalized spacial score (nSPS) is 11.2. The number of nitrogens with zero attached hydrogens (tertiary/aromatic N) is 1. The highest BCUT2D eigenvalue weighted by Gasteiger charge is 2.17. The number of carbonyl (C=O) groups is 2. The minimum atomic E-state index is -0.851. The van der Waals surface area contributed by atoms with Gasteiger partial charge in [-0.05, 0) is 6.42 Å². The average molecular weight is 313 g/mol. The van der Waals surface area contributed by atoms with Crippen LogP contribution in [0.1, 0.15) is 44.3 Å². The Morgan fingerprint density at radius 3 is 2.52 bits per heavy atom. The number of aromatic nitrogens is 1. The molecular weight excluding hydrogens is 290 g/mol. The van der Waals surface area contributed by atoms with Gasteiger partial charge < -0.3 is 15.7 Å². The van der Waals surface area contributed by atoms with E-state index in [2.05, 4.69) is 36.4 Å². The van der Waals surface area contributed by atoms with Crippen molar-refractivity contribution in [3.05, 3.63) is 16.1 Å². The molecule has 0 aliphatic rings. The van der Waals surface area contributed by atoms with Crippen molar-refractivity contribution in [2.45, 2.75) is 45.4 Å². The second-order valence-electron chi connectivity index (χ2n) is 5.82. The van der Waals surface area contributed by atoms with Crippen LogP contribution in [0.2, 0.25) is 0 Å². The molecular formula is C14H23N3O3S. The molecule has 3 N–H and O–H groups in total. The molecule has 6 nitrogen and oxygen atoms in total. The quantitative estimate of drug-likeness (QED) is 0.673. The van der Waals surface area contributed by atoms with Crippen molar-refractivity contribution in [3.63, 3.8) is 0 Å². The lowest BCUT2D eigenvalue weighted by atomic mass is 9.98. The maximum atomic E-state index is 11.5. The van der Waals surface area contributed by atoms with Crippen LogP contribution < -0.4 is 10.6 Å². The fourth-order valence-electron chi connectivity index (χ4n) is 1.57. The van der Waals surface area contributed by atoms with Gasteiger partial charge >= 0.3 is 12.0 Å². The van der Waals surface area contributed by atoms with Crippen molar-refractivity contribution in [1.82, 2.24) is 15.6 Å². The fraction of sp³-hybridized carbons (Fsp3) is 0.643. The number of urea groups is 1. The third kappa shape index (κ3) is 7.08. The Morgan fingerprint density at radius 2 is 1.95 bits per heavy atom. The van der Waals surface area contributed by atoms with E-state index in [-0.39, 0.29) is 17.9 Å². The molecule has 2 amide bonds. The summed E-state index contributed by atoms with van der Waals surface area (Å²) in [4.78, 5) is 26.3. The summed E-state index contributed by atoms with van der Waals surface area (Å²) < 4.78 is 0. The van der Waals surface area contributed by atoms with Crippen LogP contribution in [-0.4, -0.2) is 35.2 Å². The summed E-state index contributed by atoms with van der Waals surface area (Å²) in [6, 6.07) is -0.272. The van der Waals surface area contributed by atoms with Gasteiger partial charge in [0.25, 0.3) is 0 Å². The summed E-state index contributed by atoms with van der Waals surface area (Å²) >= 11 is 1.64. The van der Waals surface area contributed by atoms with E-state index in [1.54, 1.807) is 11.3 Å². The van der Waals surface area contributed by atoms with E-state index < -0.39 is 5.97 Å². The lowest BCUT2D eigenvalue weighted by Gasteiger charge is -2.13. The molecule has 0 radical (unpaired) electrons. The topological polar surface area (TPSA) is 91.3 Å². The van der Waals surface area contributed by atoms with Crippen molar-refractivity contribution >= 4 is 23.3 Å². The van der Waals surface area contributed by atoms with E-state index in [9.17, 15) is 9.59 Å². The summed E-state index contributed by atoms with van der Waals surface area (Å²) in [7, 11) is 0. The molecule has 0 aromatic carbocycles. The molecule has 1 rings (SSSR count). The molecule has 0 unspecified atom stereocenters. The first-order valence-corrected chi connectivity index (χ1v) is 7.85. The Balaban J connectivity index is 2.20. The summed E-state index contributed by atoms with van der Waals surface area (Å²) in [6.45, 7) is 7.25. The van der Waals surface area contributed by atoms with E-state index in [4.69, 9.17) is 5.11 Å². The van der Waals surface area contributed by atoms with Crippen LogP contribution in [-0.2, 0) is 16.6 Å². The van der Waals surface area contributed by atoms with Crippen LogP contribution in [0.3, 0.4) is 0 Å². The van der Waals surface area contributed by atoms with E-state index >= 15 is 0 Å². The van der Waals surface area contributed by atoms with Gasteiger partial charge in [-0.3, -0.25) is 4.79 Å². The minimum absolute atomic E-state index is 0.0534. The van der Waals surface area contributed by atoms with Crippen molar-refractivity contribution in [2.24, 2.45) is 0 Å². The number of amides is 2. The molecule has 0 spiro atoms. The van der Waals surface area contributed by atoms with E-state index in [0.717, 1.165) is 10.7 Å². The Hall–Kier alpha value is -1.63. The summed E-state index contributed by atoms with van der Waals surface area (Å²) in [5, 5.41) is 16.9. The SMILES string of the molecule is CC(C)(C)c1nc(CCNC(=O)NCCCC(=O)O)cs1. The standard InChI is InChI=1S/C14H23N3O3S/c1-14(2,3)12-17-10(9-21-12)6-8-16-13(20)15-7-4-5-11(18)19/h9H,4-8H2,1-3H3,(H,18,19)(H2,15,16,20). The predicted octanol–water partition coefficient (Wildman–Crippen LogP) is 2.15. The first-order chi connectivity index (χ1) is 9.79. The molecule has 21 heavy (non-hydrogen) atoms. The first kappa shape index (κ1) is 17.4. The highest BCUT2D eigenvalue weighted by molar-refractivity contribution is 7.09. The number of rotatable bonds is 7. The van der Waals surface area contributed by atoms with Crippen molar-refractivity contribution in [3.8, 4) is 0 Å². The second kappa shape index (κ2) is 7.97. The number of hydrogen-bond donors (Lipinski definition) is 3. The molecule has 0 aliphatic carbocycles. The van der Waals surface area contributed by atoms with Crippen LogP contribution in [0, 0.1) is 0 Å². The second-order valence-corrected chi connectivity index (χ2v) is 6.68. The van der Waals surface area contributed by atoms with Gasteiger partial charge in [-0.1, -0.05) is 20.8 Å². The van der Waals surface area contributed by atoms with Crippen LogP contribution in [0.25, 0.3) is 0 Å². The number of hydrogen-bond acceptors (Lipinski definition) is 4. The Bertz CT molecular complexity index is 480. The summed E-state index contributed by atoms with van der Waals surface area (Å²) in [5.74, 6) is -0.851. The minimum Gasteiger partial charge on any atom is -0.481 e. The van der Waals surface area contributed by atoms with E-state index in [1.165, 1.54) is 0 Å². The molecule has 0 saturated carbocycles. The smallest absolute Gasteiger partial charge is 0.314 e. The largest absolute Gasteiger partial charge is 0.481 e. The number of thiazole rings is 1. The van der Waals surface area contributed by atoms with Gasteiger partial charge in [-0.2, -0.15) is 0 Å². The molecule has 1 heterocycles. The highest BCUT2D eigenvalue weighted by Crippen LogP contribution is 2.25. The molecule has 0 bridgehead atoms. The summed E-state index contributed by atoms with van der Waals surface area (Å²) in [6.07, 6.45) is 1.19. The molecule has 7 heteroatoms. The van der Waals surface area contributed by atoms with Gasteiger partial charge in [0.1, 0.15) is 0 Å². The number of carboxylic acids is 1. The van der Waals surface area contributed by atoms with Gasteiger partial charge in [-0.15, -0.1) is 11.3 Å². The van der Waals surface area contributed by atoms with Gasteiger partial charge in [0.05, 0.1) is 10.7 Å². The molecule has 0 aliphatic heterocycles. The zero-order chi connectivity index (χ0) is 15.9.